The van der Waals surface area contributed by atoms with Gasteiger partial charge in [-0.05, 0) is 42.5 Å². The van der Waals surface area contributed by atoms with Crippen molar-refractivity contribution in [2.24, 2.45) is 0 Å². The molecule has 0 saturated carbocycles. The molecule has 0 radical (unpaired) electrons. The summed E-state index contributed by atoms with van der Waals surface area (Å²) in [6.45, 7) is 2.00. The van der Waals surface area contributed by atoms with Crippen LogP contribution in [0.1, 0.15) is 42.6 Å². The lowest BCUT2D eigenvalue weighted by molar-refractivity contribution is -0.122. The Kier molecular flexibility index (Phi) is 6.76. The average Bonchev–Trinajstić information content (AvgIpc) is 2.61. The van der Waals surface area contributed by atoms with Crippen LogP contribution < -0.4 is 5.32 Å². The van der Waals surface area contributed by atoms with E-state index in [2.05, 4.69) is 17.2 Å². The Hall–Kier alpha value is -2.20. The number of rotatable bonds is 8. The number of pyridine rings is 1. The van der Waals surface area contributed by atoms with Gasteiger partial charge in [-0.2, -0.15) is 0 Å². The molecule has 4 nitrogen and oxygen atoms in total. The van der Waals surface area contributed by atoms with Crippen molar-refractivity contribution >= 4 is 5.91 Å². The predicted octanol–water partition coefficient (Wildman–Crippen LogP) is 2.82. The summed E-state index contributed by atoms with van der Waals surface area (Å²) < 4.78 is 0. The number of benzene rings is 1. The fourth-order valence-electron chi connectivity index (χ4n) is 2.46. The van der Waals surface area contributed by atoms with Crippen molar-refractivity contribution in [3.8, 4) is 0 Å². The van der Waals surface area contributed by atoms with Gasteiger partial charge < -0.3 is 10.4 Å². The van der Waals surface area contributed by atoms with Crippen molar-refractivity contribution in [3.05, 3.63) is 65.5 Å². The third-order valence-corrected chi connectivity index (χ3v) is 3.87. The Morgan fingerprint density at radius 1 is 1.22 bits per heavy atom. The van der Waals surface area contributed by atoms with E-state index in [0.717, 1.165) is 30.5 Å². The smallest absolute Gasteiger partial charge is 0.220 e. The number of hydrogen-bond acceptors (Lipinski definition) is 3. The monoisotopic (exact) mass is 312 g/mol. The van der Waals surface area contributed by atoms with Gasteiger partial charge in [0.15, 0.2) is 0 Å². The second-order valence-electron chi connectivity index (χ2n) is 5.57. The molecule has 0 aliphatic heterocycles. The number of carbonyl (C=O) groups excluding carboxylic acids is 1. The average molecular weight is 312 g/mol. The van der Waals surface area contributed by atoms with Gasteiger partial charge in [0.1, 0.15) is 0 Å². The van der Waals surface area contributed by atoms with Crippen LogP contribution in [0.4, 0.5) is 0 Å². The van der Waals surface area contributed by atoms with Gasteiger partial charge in [0.2, 0.25) is 5.91 Å². The molecule has 23 heavy (non-hydrogen) atoms. The summed E-state index contributed by atoms with van der Waals surface area (Å²) in [7, 11) is 0. The van der Waals surface area contributed by atoms with Crippen LogP contribution in [0.3, 0.4) is 0 Å². The summed E-state index contributed by atoms with van der Waals surface area (Å²) in [6.07, 6.45) is 4.69. The molecule has 122 valence electrons. The first-order chi connectivity index (χ1) is 11.2. The van der Waals surface area contributed by atoms with E-state index < -0.39 is 0 Å². The van der Waals surface area contributed by atoms with Crippen LogP contribution in [0.15, 0.2) is 48.7 Å². The largest absolute Gasteiger partial charge is 0.394 e. The molecule has 0 aliphatic rings. The minimum atomic E-state index is -0.344. The van der Waals surface area contributed by atoms with E-state index in [-0.39, 0.29) is 18.6 Å². The van der Waals surface area contributed by atoms with Crippen LogP contribution >= 0.6 is 0 Å². The van der Waals surface area contributed by atoms with E-state index in [1.807, 2.05) is 42.5 Å². The van der Waals surface area contributed by atoms with Gasteiger partial charge in [-0.15, -0.1) is 0 Å². The summed E-state index contributed by atoms with van der Waals surface area (Å²) in [5.74, 6) is -0.0421. The van der Waals surface area contributed by atoms with Gasteiger partial charge in [0.25, 0.3) is 0 Å². The standard InChI is InChI=1S/C19H24N2O2/c1-2-15-9-11-16(12-10-15)18(14-22)21-19(23)8-5-7-17-6-3-4-13-20-17/h3-4,6,9-13,18,22H,2,5,7-8,14H2,1H3,(H,21,23). The zero-order valence-electron chi connectivity index (χ0n) is 13.5. The predicted molar refractivity (Wildman–Crippen MR) is 91.0 cm³/mol. The number of aliphatic hydroxyl groups is 1. The second-order valence-corrected chi connectivity index (χ2v) is 5.57. The van der Waals surface area contributed by atoms with Gasteiger partial charge >= 0.3 is 0 Å². The number of nitrogens with one attached hydrogen (secondary N) is 1. The molecule has 2 rings (SSSR count). The van der Waals surface area contributed by atoms with E-state index in [1.54, 1.807) is 6.20 Å². The molecule has 0 aliphatic carbocycles. The van der Waals surface area contributed by atoms with E-state index >= 15 is 0 Å². The first-order valence-electron chi connectivity index (χ1n) is 8.12. The van der Waals surface area contributed by atoms with Gasteiger partial charge in [-0.3, -0.25) is 9.78 Å². The topological polar surface area (TPSA) is 62.2 Å². The Balaban J connectivity index is 1.82. The Morgan fingerprint density at radius 2 is 2.00 bits per heavy atom. The molecule has 0 spiro atoms. The fourth-order valence-corrected chi connectivity index (χ4v) is 2.46. The zero-order valence-corrected chi connectivity index (χ0v) is 13.5. The van der Waals surface area contributed by atoms with Crippen molar-refractivity contribution in [2.45, 2.75) is 38.6 Å². The van der Waals surface area contributed by atoms with Crippen LogP contribution in [0.25, 0.3) is 0 Å². The van der Waals surface area contributed by atoms with Crippen LogP contribution in [0, 0.1) is 0 Å². The lowest BCUT2D eigenvalue weighted by atomic mass is 10.0. The molecule has 4 heteroatoms. The molecule has 2 N–H and O–H groups in total. The molecule has 1 heterocycles. The number of nitrogens with zero attached hydrogens (tertiary/aromatic N) is 1. The van der Waals surface area contributed by atoms with E-state index in [0.29, 0.717) is 6.42 Å². The van der Waals surface area contributed by atoms with Crippen LogP contribution in [-0.4, -0.2) is 22.6 Å². The molecule has 1 aromatic carbocycles. The molecule has 0 saturated heterocycles. The maximum absolute atomic E-state index is 12.1. The molecule has 1 unspecified atom stereocenters. The van der Waals surface area contributed by atoms with E-state index in [9.17, 15) is 9.90 Å². The van der Waals surface area contributed by atoms with Gasteiger partial charge in [0.05, 0.1) is 12.6 Å². The first kappa shape index (κ1) is 17.2. The van der Waals surface area contributed by atoms with E-state index in [1.165, 1.54) is 5.56 Å². The zero-order chi connectivity index (χ0) is 16.5. The van der Waals surface area contributed by atoms with E-state index in [4.69, 9.17) is 0 Å². The molecule has 1 atom stereocenters. The summed E-state index contributed by atoms with van der Waals surface area (Å²) in [5.41, 5.74) is 3.17. The molecule has 1 aromatic heterocycles. The third-order valence-electron chi connectivity index (χ3n) is 3.87. The molecular formula is C19H24N2O2. The number of aryl methyl sites for hydroxylation is 2. The molecule has 2 aromatic rings. The van der Waals surface area contributed by atoms with Gasteiger partial charge in [-0.25, -0.2) is 0 Å². The molecular weight excluding hydrogens is 288 g/mol. The van der Waals surface area contributed by atoms with Crippen LogP contribution in [0.2, 0.25) is 0 Å². The number of amides is 1. The number of hydrogen-bond donors (Lipinski definition) is 2. The maximum atomic E-state index is 12.1. The van der Waals surface area contributed by atoms with Crippen LogP contribution in [0.5, 0.6) is 0 Å². The van der Waals surface area contributed by atoms with Crippen LogP contribution in [-0.2, 0) is 17.6 Å². The summed E-state index contributed by atoms with van der Waals surface area (Å²) >= 11 is 0. The Morgan fingerprint density at radius 3 is 2.61 bits per heavy atom. The summed E-state index contributed by atoms with van der Waals surface area (Å²) in [4.78, 5) is 16.3. The minimum absolute atomic E-state index is 0.0421. The normalized spacial score (nSPS) is 11.9. The minimum Gasteiger partial charge on any atom is -0.394 e. The highest BCUT2D eigenvalue weighted by atomic mass is 16.3. The number of aromatic nitrogens is 1. The van der Waals surface area contributed by atoms with Crippen molar-refractivity contribution in [1.82, 2.24) is 10.3 Å². The summed E-state index contributed by atoms with van der Waals surface area (Å²) in [6, 6.07) is 13.4. The lowest BCUT2D eigenvalue weighted by Crippen LogP contribution is -2.30. The Labute approximate surface area is 137 Å². The molecule has 0 fully saturated rings. The lowest BCUT2D eigenvalue weighted by Gasteiger charge is -2.17. The number of aliphatic hydroxyl groups excluding tert-OH is 1. The Bertz CT molecular complexity index is 597. The first-order valence-corrected chi connectivity index (χ1v) is 8.12. The second kappa shape index (κ2) is 9.06. The molecule has 0 bridgehead atoms. The quantitative estimate of drug-likeness (QED) is 0.788. The molecule has 1 amide bonds. The third kappa shape index (κ3) is 5.49. The van der Waals surface area contributed by atoms with Gasteiger partial charge in [0, 0.05) is 18.3 Å². The summed E-state index contributed by atoms with van der Waals surface area (Å²) in [5, 5.41) is 12.4. The highest BCUT2D eigenvalue weighted by Crippen LogP contribution is 2.14. The van der Waals surface area contributed by atoms with Crippen molar-refractivity contribution < 1.29 is 9.90 Å². The SMILES string of the molecule is CCc1ccc(C(CO)NC(=O)CCCc2ccccn2)cc1. The highest BCUT2D eigenvalue weighted by Gasteiger charge is 2.13. The number of carbonyl (C=O) groups is 1. The fraction of sp³-hybridized carbons (Fsp3) is 0.368. The highest BCUT2D eigenvalue weighted by molar-refractivity contribution is 5.76. The van der Waals surface area contributed by atoms with Crippen molar-refractivity contribution in [1.29, 1.82) is 0 Å². The van der Waals surface area contributed by atoms with Crippen molar-refractivity contribution in [2.75, 3.05) is 6.61 Å². The maximum Gasteiger partial charge on any atom is 0.220 e. The van der Waals surface area contributed by atoms with Gasteiger partial charge in [-0.1, -0.05) is 37.3 Å². The van der Waals surface area contributed by atoms with Crippen molar-refractivity contribution in [3.63, 3.8) is 0 Å².